The van der Waals surface area contributed by atoms with Crippen molar-refractivity contribution in [1.29, 1.82) is 0 Å². The Kier molecular flexibility index (Phi) is 5.84. The number of anilines is 1. The number of benzene rings is 1. The van der Waals surface area contributed by atoms with Gasteiger partial charge < -0.3 is 19.6 Å². The number of aryl methyl sites for hydroxylation is 2. The second-order valence-corrected chi connectivity index (χ2v) is 6.90. The number of nitrogens with zero attached hydrogens (tertiary/aromatic N) is 6. The fourth-order valence-corrected chi connectivity index (χ4v) is 2.96. The highest BCUT2D eigenvalue weighted by atomic mass is 35.5. The van der Waals surface area contributed by atoms with Crippen LogP contribution in [0, 0.1) is 0 Å². The third kappa shape index (κ3) is 4.54. The van der Waals surface area contributed by atoms with Crippen molar-refractivity contribution >= 4 is 34.6 Å². The highest BCUT2D eigenvalue weighted by Gasteiger charge is 2.12. The van der Waals surface area contributed by atoms with Crippen LogP contribution in [0.15, 0.2) is 41.4 Å². The van der Waals surface area contributed by atoms with Gasteiger partial charge in [-0.15, -0.1) is 0 Å². The van der Waals surface area contributed by atoms with Crippen molar-refractivity contribution in [1.82, 2.24) is 29.7 Å². The Morgan fingerprint density at radius 2 is 2.03 bits per heavy atom. The summed E-state index contributed by atoms with van der Waals surface area (Å²) < 4.78 is 12.3. The first kappa shape index (κ1) is 19.8. The molecule has 3 heterocycles. The van der Waals surface area contributed by atoms with Crippen molar-refractivity contribution in [2.24, 2.45) is 0 Å². The molecule has 0 aliphatic rings. The maximum atomic E-state index is 12.0. The summed E-state index contributed by atoms with van der Waals surface area (Å²) in [5, 5.41) is 4.55. The molecule has 4 aromatic rings. The second kappa shape index (κ2) is 8.87. The zero-order chi connectivity index (χ0) is 20.9. The number of imidazole rings is 1. The van der Waals surface area contributed by atoms with Crippen molar-refractivity contribution in [3.8, 4) is 11.4 Å². The van der Waals surface area contributed by atoms with Crippen LogP contribution in [0.3, 0.4) is 0 Å². The summed E-state index contributed by atoms with van der Waals surface area (Å²) in [4.78, 5) is 28.5. The normalized spacial score (nSPS) is 11.1. The Labute approximate surface area is 176 Å². The number of ether oxygens (including phenoxy) is 1. The lowest BCUT2D eigenvalue weighted by Crippen LogP contribution is -2.09. The third-order valence-electron chi connectivity index (χ3n) is 4.35. The van der Waals surface area contributed by atoms with E-state index in [1.165, 1.54) is 6.33 Å². The molecule has 0 bridgehead atoms. The Bertz CT molecular complexity index is 1160. The number of esters is 1. The average Bonchev–Trinajstić information content (AvgIpc) is 3.38. The van der Waals surface area contributed by atoms with Crippen LogP contribution in [0.5, 0.6) is 0 Å². The summed E-state index contributed by atoms with van der Waals surface area (Å²) in [5.41, 5.74) is 7.77. The van der Waals surface area contributed by atoms with Crippen LogP contribution < -0.4 is 5.73 Å². The molecule has 1 aromatic carbocycles. The number of hydrogen-bond donors (Lipinski definition) is 1. The molecule has 11 heteroatoms. The van der Waals surface area contributed by atoms with Crippen molar-refractivity contribution < 1.29 is 14.1 Å². The van der Waals surface area contributed by atoms with Crippen molar-refractivity contribution in [2.75, 3.05) is 12.3 Å². The monoisotopic (exact) mass is 427 g/mol. The SMILES string of the molecule is Nc1ncnc2c1ncn2CCCOC(=O)CCc1nc(-c2ccc(Cl)cc2)no1. The van der Waals surface area contributed by atoms with Crippen LogP contribution in [0.2, 0.25) is 5.02 Å². The molecule has 0 amide bonds. The number of nitrogen functional groups attached to an aromatic ring is 1. The number of halogens is 1. The van der Waals surface area contributed by atoms with Gasteiger partial charge in [0.05, 0.1) is 19.4 Å². The molecular formula is C19H18ClN7O3. The summed E-state index contributed by atoms with van der Waals surface area (Å²) in [6.45, 7) is 0.868. The molecular weight excluding hydrogens is 410 g/mol. The number of fused-ring (bicyclic) bond motifs is 1. The molecule has 0 saturated heterocycles. The third-order valence-corrected chi connectivity index (χ3v) is 4.60. The molecule has 4 rings (SSSR count). The van der Waals surface area contributed by atoms with Crippen molar-refractivity contribution in [2.45, 2.75) is 25.8 Å². The molecule has 30 heavy (non-hydrogen) atoms. The lowest BCUT2D eigenvalue weighted by atomic mass is 10.2. The van der Waals surface area contributed by atoms with Gasteiger partial charge in [0.1, 0.15) is 11.8 Å². The van der Waals surface area contributed by atoms with E-state index in [4.69, 9.17) is 26.6 Å². The summed E-state index contributed by atoms with van der Waals surface area (Å²) >= 11 is 5.87. The minimum absolute atomic E-state index is 0.153. The first-order chi connectivity index (χ1) is 14.6. The lowest BCUT2D eigenvalue weighted by Gasteiger charge is -2.05. The first-order valence-corrected chi connectivity index (χ1v) is 9.63. The van der Waals surface area contributed by atoms with Crippen LogP contribution in [-0.2, 0) is 22.5 Å². The number of hydrogen-bond acceptors (Lipinski definition) is 9. The van der Waals surface area contributed by atoms with Crippen molar-refractivity contribution in [3.05, 3.63) is 47.8 Å². The van der Waals surface area contributed by atoms with Gasteiger partial charge in [0.25, 0.3) is 0 Å². The number of aromatic nitrogens is 6. The molecule has 0 unspecified atom stereocenters. The van der Waals surface area contributed by atoms with E-state index in [1.54, 1.807) is 30.6 Å². The largest absolute Gasteiger partial charge is 0.466 e. The molecule has 0 radical (unpaired) electrons. The van der Waals surface area contributed by atoms with Crippen LogP contribution in [-0.4, -0.2) is 42.2 Å². The summed E-state index contributed by atoms with van der Waals surface area (Å²) in [6, 6.07) is 7.10. The molecule has 0 aliphatic heterocycles. The standard InChI is InChI=1S/C19H18ClN7O3/c20-13-4-2-12(3-5-13)18-25-14(30-26-18)6-7-15(28)29-9-1-8-27-11-24-16-17(21)22-10-23-19(16)27/h2-5,10-11H,1,6-9H2,(H2,21,22,23). The number of carbonyl (C=O) groups excluding carboxylic acids is 1. The van der Waals surface area contributed by atoms with E-state index in [0.717, 1.165) is 5.56 Å². The predicted molar refractivity (Wildman–Crippen MR) is 108 cm³/mol. The van der Waals surface area contributed by atoms with E-state index in [0.29, 0.717) is 53.1 Å². The summed E-state index contributed by atoms with van der Waals surface area (Å²) in [5.74, 6) is 0.833. The average molecular weight is 428 g/mol. The van der Waals surface area contributed by atoms with E-state index < -0.39 is 0 Å². The fourth-order valence-electron chi connectivity index (χ4n) is 2.84. The quantitative estimate of drug-likeness (QED) is 0.332. The second-order valence-electron chi connectivity index (χ2n) is 6.46. The molecule has 0 atom stereocenters. The fraction of sp³-hybridized carbons (Fsp3) is 0.263. The van der Waals surface area contributed by atoms with E-state index in [-0.39, 0.29) is 19.0 Å². The molecule has 0 aliphatic carbocycles. The zero-order valence-electron chi connectivity index (χ0n) is 15.9. The van der Waals surface area contributed by atoms with Gasteiger partial charge >= 0.3 is 5.97 Å². The maximum absolute atomic E-state index is 12.0. The van der Waals surface area contributed by atoms with Gasteiger partial charge in [-0.25, -0.2) is 15.0 Å². The van der Waals surface area contributed by atoms with E-state index >= 15 is 0 Å². The molecule has 3 aromatic heterocycles. The molecule has 0 spiro atoms. The topological polar surface area (TPSA) is 135 Å². The Morgan fingerprint density at radius 1 is 1.20 bits per heavy atom. The predicted octanol–water partition coefficient (Wildman–Crippen LogP) is 2.68. The van der Waals surface area contributed by atoms with Gasteiger partial charge in [-0.2, -0.15) is 4.98 Å². The summed E-state index contributed by atoms with van der Waals surface area (Å²) in [6.07, 6.45) is 4.11. The number of rotatable bonds is 8. The van der Waals surface area contributed by atoms with E-state index in [2.05, 4.69) is 25.1 Å². The first-order valence-electron chi connectivity index (χ1n) is 9.25. The van der Waals surface area contributed by atoms with Gasteiger partial charge in [0.2, 0.25) is 11.7 Å². The van der Waals surface area contributed by atoms with Gasteiger partial charge in [-0.05, 0) is 30.7 Å². The zero-order valence-corrected chi connectivity index (χ0v) is 16.6. The highest BCUT2D eigenvalue weighted by molar-refractivity contribution is 6.30. The van der Waals surface area contributed by atoms with Crippen LogP contribution in [0.1, 0.15) is 18.7 Å². The molecule has 0 fully saturated rings. The van der Waals surface area contributed by atoms with Gasteiger partial charge in [0.15, 0.2) is 11.5 Å². The number of nitrogens with two attached hydrogens (primary N) is 1. The van der Waals surface area contributed by atoms with Gasteiger partial charge in [-0.3, -0.25) is 4.79 Å². The highest BCUT2D eigenvalue weighted by Crippen LogP contribution is 2.19. The molecule has 0 saturated carbocycles. The summed E-state index contributed by atoms with van der Waals surface area (Å²) in [7, 11) is 0. The van der Waals surface area contributed by atoms with Crippen LogP contribution in [0.4, 0.5) is 5.82 Å². The van der Waals surface area contributed by atoms with Gasteiger partial charge in [-0.1, -0.05) is 16.8 Å². The number of carbonyl (C=O) groups is 1. The van der Waals surface area contributed by atoms with Crippen LogP contribution >= 0.6 is 11.6 Å². The Balaban J connectivity index is 1.21. The van der Waals surface area contributed by atoms with Crippen LogP contribution in [0.25, 0.3) is 22.6 Å². The molecule has 2 N–H and O–H groups in total. The maximum Gasteiger partial charge on any atom is 0.306 e. The van der Waals surface area contributed by atoms with E-state index in [1.807, 2.05) is 4.57 Å². The van der Waals surface area contributed by atoms with E-state index in [9.17, 15) is 4.79 Å². The van der Waals surface area contributed by atoms with Gasteiger partial charge in [0, 0.05) is 23.6 Å². The minimum atomic E-state index is -0.330. The smallest absolute Gasteiger partial charge is 0.306 e. The minimum Gasteiger partial charge on any atom is -0.466 e. The Morgan fingerprint density at radius 3 is 2.87 bits per heavy atom. The molecule has 10 nitrogen and oxygen atoms in total. The Hall–Kier alpha value is -3.53. The van der Waals surface area contributed by atoms with Crippen molar-refractivity contribution in [3.63, 3.8) is 0 Å². The molecule has 154 valence electrons. The lowest BCUT2D eigenvalue weighted by molar-refractivity contribution is -0.143.